The van der Waals surface area contributed by atoms with Gasteiger partial charge in [0.1, 0.15) is 11.5 Å². The molecule has 0 bridgehead atoms. The third-order valence-corrected chi connectivity index (χ3v) is 4.48. The van der Waals surface area contributed by atoms with Crippen LogP contribution in [-0.2, 0) is 0 Å². The minimum Gasteiger partial charge on any atom is -0.288 e. The van der Waals surface area contributed by atoms with Crippen LogP contribution >= 0.6 is 11.3 Å². The number of aromatic nitrogens is 5. The SMILES string of the molecule is Cc1nc(NC(=O)c2nc(-c3ccccc3)cs2)nc(-c2ccccn2)n1. The molecule has 4 aromatic rings. The molecule has 3 heterocycles. The molecule has 1 amide bonds. The van der Waals surface area contributed by atoms with Crippen molar-refractivity contribution in [3.05, 3.63) is 70.9 Å². The zero-order chi connectivity index (χ0) is 18.6. The van der Waals surface area contributed by atoms with Crippen molar-refractivity contribution < 1.29 is 4.79 Å². The smallest absolute Gasteiger partial charge is 0.287 e. The maximum atomic E-state index is 12.5. The van der Waals surface area contributed by atoms with Crippen molar-refractivity contribution in [3.63, 3.8) is 0 Å². The van der Waals surface area contributed by atoms with Crippen LogP contribution in [0.3, 0.4) is 0 Å². The summed E-state index contributed by atoms with van der Waals surface area (Å²) in [6, 6.07) is 15.2. The first-order chi connectivity index (χ1) is 13.2. The van der Waals surface area contributed by atoms with E-state index in [1.165, 1.54) is 11.3 Å². The largest absolute Gasteiger partial charge is 0.288 e. The van der Waals surface area contributed by atoms with Crippen molar-refractivity contribution >= 4 is 23.2 Å². The van der Waals surface area contributed by atoms with Crippen molar-refractivity contribution in [3.8, 4) is 22.8 Å². The van der Waals surface area contributed by atoms with Crippen LogP contribution in [0.4, 0.5) is 5.95 Å². The first kappa shape index (κ1) is 16.9. The Hall–Kier alpha value is -3.52. The van der Waals surface area contributed by atoms with Gasteiger partial charge in [-0.2, -0.15) is 9.97 Å². The van der Waals surface area contributed by atoms with Crippen molar-refractivity contribution in [1.29, 1.82) is 0 Å². The van der Waals surface area contributed by atoms with Gasteiger partial charge in [0, 0.05) is 17.1 Å². The van der Waals surface area contributed by atoms with Gasteiger partial charge >= 0.3 is 0 Å². The zero-order valence-electron chi connectivity index (χ0n) is 14.3. The van der Waals surface area contributed by atoms with Crippen LogP contribution in [-0.4, -0.2) is 30.8 Å². The van der Waals surface area contributed by atoms with Gasteiger partial charge < -0.3 is 0 Å². The highest BCUT2D eigenvalue weighted by atomic mass is 32.1. The lowest BCUT2D eigenvalue weighted by Crippen LogP contribution is -2.15. The second-order valence-electron chi connectivity index (χ2n) is 5.60. The van der Waals surface area contributed by atoms with Gasteiger partial charge in [0.25, 0.3) is 5.91 Å². The van der Waals surface area contributed by atoms with Gasteiger partial charge in [0.15, 0.2) is 10.8 Å². The maximum absolute atomic E-state index is 12.5. The molecule has 0 spiro atoms. The summed E-state index contributed by atoms with van der Waals surface area (Å²) < 4.78 is 0. The van der Waals surface area contributed by atoms with Gasteiger partial charge in [-0.3, -0.25) is 15.1 Å². The Bertz CT molecular complexity index is 1080. The molecule has 0 saturated carbocycles. The Morgan fingerprint density at radius 1 is 0.926 bits per heavy atom. The number of thiazole rings is 1. The average molecular weight is 374 g/mol. The second kappa shape index (κ2) is 7.38. The van der Waals surface area contributed by atoms with Crippen molar-refractivity contribution in [2.24, 2.45) is 0 Å². The van der Waals surface area contributed by atoms with E-state index in [2.05, 4.69) is 30.2 Å². The van der Waals surface area contributed by atoms with E-state index in [0.717, 1.165) is 11.3 Å². The van der Waals surface area contributed by atoms with Crippen LogP contribution in [0, 0.1) is 6.92 Å². The van der Waals surface area contributed by atoms with Gasteiger partial charge in [-0.05, 0) is 19.1 Å². The number of benzene rings is 1. The van der Waals surface area contributed by atoms with Gasteiger partial charge in [-0.25, -0.2) is 9.97 Å². The Kier molecular flexibility index (Phi) is 4.63. The lowest BCUT2D eigenvalue weighted by Gasteiger charge is -2.05. The second-order valence-corrected chi connectivity index (χ2v) is 6.46. The zero-order valence-corrected chi connectivity index (χ0v) is 15.1. The molecule has 27 heavy (non-hydrogen) atoms. The van der Waals surface area contributed by atoms with E-state index in [-0.39, 0.29) is 11.9 Å². The topological polar surface area (TPSA) is 93.6 Å². The predicted octanol–water partition coefficient (Wildman–Crippen LogP) is 3.62. The highest BCUT2D eigenvalue weighted by Crippen LogP contribution is 2.22. The minimum atomic E-state index is -0.361. The van der Waals surface area contributed by atoms with Gasteiger partial charge in [0.05, 0.1) is 5.69 Å². The number of hydrogen-bond donors (Lipinski definition) is 1. The van der Waals surface area contributed by atoms with Gasteiger partial charge in [-0.1, -0.05) is 36.4 Å². The van der Waals surface area contributed by atoms with Gasteiger partial charge in [-0.15, -0.1) is 11.3 Å². The maximum Gasteiger partial charge on any atom is 0.287 e. The Labute approximate surface area is 159 Å². The number of hydrogen-bond acceptors (Lipinski definition) is 7. The fourth-order valence-electron chi connectivity index (χ4n) is 2.42. The quantitative estimate of drug-likeness (QED) is 0.586. The number of amides is 1. The molecule has 0 saturated heterocycles. The molecule has 4 rings (SSSR count). The molecule has 1 N–H and O–H groups in total. The molecular formula is C19H14N6OS. The fraction of sp³-hybridized carbons (Fsp3) is 0.0526. The molecule has 0 aliphatic rings. The number of pyridine rings is 1. The molecule has 0 atom stereocenters. The molecule has 1 aromatic carbocycles. The highest BCUT2D eigenvalue weighted by Gasteiger charge is 2.15. The molecule has 0 aliphatic carbocycles. The number of rotatable bonds is 4. The Morgan fingerprint density at radius 3 is 2.52 bits per heavy atom. The molecule has 3 aromatic heterocycles. The van der Waals surface area contributed by atoms with Crippen LogP contribution in [0.5, 0.6) is 0 Å². The summed E-state index contributed by atoms with van der Waals surface area (Å²) in [5.74, 6) is 0.706. The third-order valence-electron chi connectivity index (χ3n) is 3.63. The monoisotopic (exact) mass is 374 g/mol. The standard InChI is InChI=1S/C19H14N6OS/c1-12-21-16(14-9-5-6-10-20-14)24-19(22-12)25-17(26)18-23-15(11-27-18)13-7-3-2-4-8-13/h2-11H,1H3,(H,21,22,24,25,26). The minimum absolute atomic E-state index is 0.171. The molecule has 0 radical (unpaired) electrons. The third kappa shape index (κ3) is 3.85. The summed E-state index contributed by atoms with van der Waals surface area (Å²) in [5.41, 5.74) is 2.33. The van der Waals surface area contributed by atoms with Crippen LogP contribution in [0.1, 0.15) is 15.6 Å². The predicted molar refractivity (Wildman–Crippen MR) is 103 cm³/mol. The summed E-state index contributed by atoms with van der Waals surface area (Å²) >= 11 is 1.27. The van der Waals surface area contributed by atoms with Crippen molar-refractivity contribution in [2.45, 2.75) is 6.92 Å². The number of aryl methyl sites for hydroxylation is 1. The fourth-order valence-corrected chi connectivity index (χ4v) is 3.14. The van der Waals surface area contributed by atoms with Crippen LogP contribution in [0.15, 0.2) is 60.1 Å². The highest BCUT2D eigenvalue weighted by molar-refractivity contribution is 7.12. The van der Waals surface area contributed by atoms with Crippen molar-refractivity contribution in [1.82, 2.24) is 24.9 Å². The number of anilines is 1. The molecule has 8 heteroatoms. The van der Waals surface area contributed by atoms with E-state index in [0.29, 0.717) is 22.4 Å². The molecule has 0 aliphatic heterocycles. The van der Waals surface area contributed by atoms with E-state index in [9.17, 15) is 4.79 Å². The van der Waals surface area contributed by atoms with Crippen LogP contribution in [0.2, 0.25) is 0 Å². The Morgan fingerprint density at radius 2 is 1.74 bits per heavy atom. The lowest BCUT2D eigenvalue weighted by atomic mass is 10.2. The van der Waals surface area contributed by atoms with E-state index in [1.54, 1.807) is 19.2 Å². The first-order valence-electron chi connectivity index (χ1n) is 8.15. The molecule has 7 nitrogen and oxygen atoms in total. The van der Waals surface area contributed by atoms with Crippen LogP contribution < -0.4 is 5.32 Å². The van der Waals surface area contributed by atoms with Crippen LogP contribution in [0.25, 0.3) is 22.8 Å². The Balaban J connectivity index is 1.57. The first-order valence-corrected chi connectivity index (χ1v) is 9.03. The van der Waals surface area contributed by atoms with E-state index < -0.39 is 0 Å². The van der Waals surface area contributed by atoms with E-state index >= 15 is 0 Å². The van der Waals surface area contributed by atoms with Crippen molar-refractivity contribution in [2.75, 3.05) is 5.32 Å². The summed E-state index contributed by atoms with van der Waals surface area (Å²) in [7, 11) is 0. The number of nitrogens with one attached hydrogen (secondary N) is 1. The molecule has 0 unspecified atom stereocenters. The normalized spacial score (nSPS) is 10.6. The summed E-state index contributed by atoms with van der Waals surface area (Å²) in [4.78, 5) is 33.9. The van der Waals surface area contributed by atoms with E-state index in [4.69, 9.17) is 0 Å². The van der Waals surface area contributed by atoms with E-state index in [1.807, 2.05) is 47.8 Å². The average Bonchev–Trinajstić information content (AvgIpc) is 3.19. The number of nitrogens with zero attached hydrogens (tertiary/aromatic N) is 5. The number of carbonyl (C=O) groups excluding carboxylic acids is 1. The summed E-state index contributed by atoms with van der Waals surface area (Å²) in [6.07, 6.45) is 1.66. The molecule has 132 valence electrons. The van der Waals surface area contributed by atoms with Gasteiger partial charge in [0.2, 0.25) is 5.95 Å². The summed E-state index contributed by atoms with van der Waals surface area (Å²) in [5, 5.41) is 4.88. The summed E-state index contributed by atoms with van der Waals surface area (Å²) in [6.45, 7) is 1.74. The molecule has 0 fully saturated rings. The lowest BCUT2D eigenvalue weighted by molar-refractivity contribution is 0.102. The number of carbonyl (C=O) groups is 1. The molecular weight excluding hydrogens is 360 g/mol.